The van der Waals surface area contributed by atoms with Crippen LogP contribution in [0.25, 0.3) is 0 Å². The fraction of sp³-hybridized carbons (Fsp3) is 0.400. The molecular formula is C15H18ClN3O3S. The second-order valence-corrected chi connectivity index (χ2v) is 7.87. The van der Waals surface area contributed by atoms with Gasteiger partial charge in [-0.1, -0.05) is 35.0 Å². The Kier molecular flexibility index (Phi) is 4.72. The maximum absolute atomic E-state index is 12.8. The molecule has 0 amide bonds. The fourth-order valence-electron chi connectivity index (χ4n) is 2.78. The molecule has 6 nitrogen and oxygen atoms in total. The van der Waals surface area contributed by atoms with Gasteiger partial charge in [0.25, 0.3) is 0 Å². The van der Waals surface area contributed by atoms with E-state index in [1.54, 1.807) is 19.1 Å². The third-order valence-electron chi connectivity index (χ3n) is 3.82. The summed E-state index contributed by atoms with van der Waals surface area (Å²) in [6, 6.07) is 8.64. The Morgan fingerprint density at radius 1 is 1.43 bits per heavy atom. The van der Waals surface area contributed by atoms with Crippen molar-refractivity contribution in [1.82, 2.24) is 14.8 Å². The van der Waals surface area contributed by atoms with E-state index >= 15 is 0 Å². The van der Waals surface area contributed by atoms with E-state index < -0.39 is 10.0 Å². The van der Waals surface area contributed by atoms with Gasteiger partial charge in [-0.2, -0.15) is 4.31 Å². The molecule has 1 aromatic carbocycles. The largest absolute Gasteiger partial charge is 0.360 e. The highest BCUT2D eigenvalue weighted by molar-refractivity contribution is 7.88. The molecule has 2 heterocycles. The number of nitrogens with one attached hydrogen (secondary N) is 1. The summed E-state index contributed by atoms with van der Waals surface area (Å²) in [5.41, 5.74) is 1.47. The maximum Gasteiger partial charge on any atom is 0.222 e. The van der Waals surface area contributed by atoms with Gasteiger partial charge < -0.3 is 9.84 Å². The number of aryl methyl sites for hydroxylation is 1. The molecule has 8 heteroatoms. The molecule has 0 aliphatic carbocycles. The van der Waals surface area contributed by atoms with Gasteiger partial charge in [-0.15, -0.1) is 0 Å². The minimum atomic E-state index is -3.54. The summed E-state index contributed by atoms with van der Waals surface area (Å²) in [7, 11) is -3.54. The smallest absolute Gasteiger partial charge is 0.222 e. The highest BCUT2D eigenvalue weighted by Gasteiger charge is 2.34. The van der Waals surface area contributed by atoms with Crippen LogP contribution in [0.3, 0.4) is 0 Å². The lowest BCUT2D eigenvalue weighted by Gasteiger charge is -2.35. The van der Waals surface area contributed by atoms with Crippen LogP contribution < -0.4 is 5.32 Å². The monoisotopic (exact) mass is 355 g/mol. The Labute approximate surface area is 140 Å². The lowest BCUT2D eigenvalue weighted by atomic mass is 10.1. The number of hydrogen-bond donors (Lipinski definition) is 1. The van der Waals surface area contributed by atoms with E-state index in [2.05, 4.69) is 10.5 Å². The summed E-state index contributed by atoms with van der Waals surface area (Å²) in [6.07, 6.45) is 0. The van der Waals surface area contributed by atoms with Crippen LogP contribution in [0, 0.1) is 6.92 Å². The normalized spacial score (nSPS) is 19.8. The van der Waals surface area contributed by atoms with Crippen molar-refractivity contribution >= 4 is 21.6 Å². The number of benzene rings is 1. The summed E-state index contributed by atoms with van der Waals surface area (Å²) < 4.78 is 32.2. The van der Waals surface area contributed by atoms with Crippen molar-refractivity contribution in [2.45, 2.75) is 18.7 Å². The highest BCUT2D eigenvalue weighted by atomic mass is 35.5. The Morgan fingerprint density at radius 3 is 2.91 bits per heavy atom. The van der Waals surface area contributed by atoms with Gasteiger partial charge in [-0.25, -0.2) is 8.42 Å². The first-order valence-corrected chi connectivity index (χ1v) is 9.33. The zero-order chi connectivity index (χ0) is 16.4. The Balaban J connectivity index is 1.90. The molecule has 0 radical (unpaired) electrons. The average molecular weight is 356 g/mol. The van der Waals surface area contributed by atoms with Crippen molar-refractivity contribution in [3.05, 3.63) is 52.4 Å². The van der Waals surface area contributed by atoms with Crippen LogP contribution in [-0.2, 0) is 15.8 Å². The first-order chi connectivity index (χ1) is 11.0. The molecule has 1 aliphatic rings. The molecule has 1 atom stereocenters. The fourth-order valence-corrected chi connectivity index (χ4v) is 4.64. The third kappa shape index (κ3) is 3.58. The Hall–Kier alpha value is -1.41. The van der Waals surface area contributed by atoms with Crippen molar-refractivity contribution in [2.24, 2.45) is 0 Å². The second kappa shape index (κ2) is 6.60. The predicted molar refractivity (Wildman–Crippen MR) is 87.6 cm³/mol. The lowest BCUT2D eigenvalue weighted by molar-refractivity contribution is 0.269. The molecule has 1 saturated heterocycles. The van der Waals surface area contributed by atoms with E-state index in [4.69, 9.17) is 16.1 Å². The zero-order valence-corrected chi connectivity index (χ0v) is 14.3. The van der Waals surface area contributed by atoms with Gasteiger partial charge in [0.05, 0.1) is 11.7 Å². The number of piperazine rings is 1. The van der Waals surface area contributed by atoms with Crippen molar-refractivity contribution in [3.63, 3.8) is 0 Å². The number of halogens is 1. The van der Waals surface area contributed by atoms with Crippen molar-refractivity contribution in [2.75, 3.05) is 19.6 Å². The van der Waals surface area contributed by atoms with Gasteiger partial charge in [-0.3, -0.25) is 0 Å². The molecule has 0 spiro atoms. The zero-order valence-electron chi connectivity index (χ0n) is 12.7. The van der Waals surface area contributed by atoms with Crippen molar-refractivity contribution < 1.29 is 12.9 Å². The first kappa shape index (κ1) is 16.4. The molecular weight excluding hydrogens is 338 g/mol. The van der Waals surface area contributed by atoms with Gasteiger partial charge in [0, 0.05) is 30.7 Å². The number of sulfonamides is 1. The molecule has 2 aromatic rings. The second-order valence-electron chi connectivity index (χ2n) is 5.54. The molecule has 0 bridgehead atoms. The highest BCUT2D eigenvalue weighted by Crippen LogP contribution is 2.31. The lowest BCUT2D eigenvalue weighted by Crippen LogP contribution is -2.49. The third-order valence-corrected chi connectivity index (χ3v) is 5.96. The summed E-state index contributed by atoms with van der Waals surface area (Å²) in [4.78, 5) is 0. The van der Waals surface area contributed by atoms with Crippen LogP contribution in [0.2, 0.25) is 5.02 Å². The van der Waals surface area contributed by atoms with Crippen LogP contribution in [0.4, 0.5) is 0 Å². The molecule has 1 fully saturated rings. The standard InChI is InChI=1S/C15H18ClN3O3S/c1-11-8-12(22-18-11)10-23(20,21)19-7-6-17-9-15(19)13-4-2-3-5-14(13)16/h2-5,8,15,17H,6-7,9-10H2,1H3. The summed E-state index contributed by atoms with van der Waals surface area (Å²) in [6.45, 7) is 3.29. The number of nitrogens with zero attached hydrogens (tertiary/aromatic N) is 2. The van der Waals surface area contributed by atoms with Crippen molar-refractivity contribution in [1.29, 1.82) is 0 Å². The summed E-state index contributed by atoms with van der Waals surface area (Å²) >= 11 is 6.26. The van der Waals surface area contributed by atoms with E-state index in [9.17, 15) is 8.42 Å². The van der Waals surface area contributed by atoms with Crippen LogP contribution in [0.1, 0.15) is 23.1 Å². The van der Waals surface area contributed by atoms with Crippen LogP contribution >= 0.6 is 11.6 Å². The van der Waals surface area contributed by atoms with Gasteiger partial charge in [0.2, 0.25) is 10.0 Å². The predicted octanol–water partition coefficient (Wildman–Crippen LogP) is 2.11. The van der Waals surface area contributed by atoms with E-state index in [1.807, 2.05) is 18.2 Å². The van der Waals surface area contributed by atoms with Gasteiger partial charge in [-0.05, 0) is 18.6 Å². The number of rotatable bonds is 4. The topological polar surface area (TPSA) is 75.4 Å². The number of hydrogen-bond acceptors (Lipinski definition) is 5. The van der Waals surface area contributed by atoms with E-state index in [-0.39, 0.29) is 11.8 Å². The minimum Gasteiger partial charge on any atom is -0.360 e. The van der Waals surface area contributed by atoms with Crippen LogP contribution in [-0.4, -0.2) is 37.5 Å². The minimum absolute atomic E-state index is 0.200. The van der Waals surface area contributed by atoms with Crippen molar-refractivity contribution in [3.8, 4) is 0 Å². The molecule has 0 saturated carbocycles. The molecule has 3 rings (SSSR count). The van der Waals surface area contributed by atoms with Crippen LogP contribution in [0.5, 0.6) is 0 Å². The quantitative estimate of drug-likeness (QED) is 0.909. The summed E-state index contributed by atoms with van der Waals surface area (Å²) in [5, 5.41) is 7.54. The first-order valence-electron chi connectivity index (χ1n) is 7.34. The van der Waals surface area contributed by atoms with E-state index in [0.717, 1.165) is 5.56 Å². The molecule has 1 aliphatic heterocycles. The Morgan fingerprint density at radius 2 is 2.22 bits per heavy atom. The van der Waals surface area contributed by atoms with Gasteiger partial charge >= 0.3 is 0 Å². The SMILES string of the molecule is Cc1cc(CS(=O)(=O)N2CCNCC2c2ccccc2Cl)on1. The molecule has 124 valence electrons. The van der Waals surface area contributed by atoms with E-state index in [0.29, 0.717) is 36.1 Å². The Bertz CT molecular complexity index is 791. The molecule has 23 heavy (non-hydrogen) atoms. The maximum atomic E-state index is 12.8. The van der Waals surface area contributed by atoms with Gasteiger partial charge in [0.15, 0.2) is 5.76 Å². The van der Waals surface area contributed by atoms with Gasteiger partial charge in [0.1, 0.15) is 5.75 Å². The summed E-state index contributed by atoms with van der Waals surface area (Å²) in [5.74, 6) is 0.147. The average Bonchev–Trinajstić information content (AvgIpc) is 2.92. The molecule has 1 aromatic heterocycles. The van der Waals surface area contributed by atoms with E-state index in [1.165, 1.54) is 4.31 Å². The number of aromatic nitrogens is 1. The van der Waals surface area contributed by atoms with Crippen LogP contribution in [0.15, 0.2) is 34.9 Å². The molecule has 1 unspecified atom stereocenters. The molecule has 1 N–H and O–H groups in total.